The van der Waals surface area contributed by atoms with Crippen molar-refractivity contribution in [3.05, 3.63) is 34.1 Å². The van der Waals surface area contributed by atoms with Gasteiger partial charge in [-0.15, -0.1) is 0 Å². The summed E-state index contributed by atoms with van der Waals surface area (Å²) in [5.41, 5.74) is 0.0416. The molecule has 0 radical (unpaired) electrons. The van der Waals surface area contributed by atoms with Crippen molar-refractivity contribution in [2.24, 2.45) is 0 Å². The van der Waals surface area contributed by atoms with Gasteiger partial charge in [-0.05, 0) is 34.5 Å². The highest BCUT2D eigenvalue weighted by atomic mass is 79.9. The molecule has 0 aromatic heterocycles. The largest absolute Gasteiger partial charge is 0.385 e. The molecular formula is C11H13BrFNO2. The van der Waals surface area contributed by atoms with Crippen molar-refractivity contribution < 1.29 is 13.9 Å². The molecule has 1 rings (SSSR count). The van der Waals surface area contributed by atoms with Crippen molar-refractivity contribution >= 4 is 21.8 Å². The molecule has 16 heavy (non-hydrogen) atoms. The highest BCUT2D eigenvalue weighted by molar-refractivity contribution is 9.10. The van der Waals surface area contributed by atoms with E-state index in [1.54, 1.807) is 19.2 Å². The van der Waals surface area contributed by atoms with Crippen LogP contribution in [0.1, 0.15) is 16.8 Å². The van der Waals surface area contributed by atoms with Crippen LogP contribution < -0.4 is 5.32 Å². The number of benzene rings is 1. The minimum absolute atomic E-state index is 0.0416. The number of rotatable bonds is 5. The zero-order valence-electron chi connectivity index (χ0n) is 8.93. The van der Waals surface area contributed by atoms with Crippen LogP contribution in [0.4, 0.5) is 4.39 Å². The van der Waals surface area contributed by atoms with E-state index in [0.717, 1.165) is 0 Å². The van der Waals surface area contributed by atoms with Crippen LogP contribution in [-0.4, -0.2) is 26.2 Å². The highest BCUT2D eigenvalue weighted by Crippen LogP contribution is 2.19. The molecule has 1 amide bonds. The van der Waals surface area contributed by atoms with E-state index in [0.29, 0.717) is 24.0 Å². The van der Waals surface area contributed by atoms with Crippen LogP contribution >= 0.6 is 15.9 Å². The molecule has 0 fully saturated rings. The molecule has 1 aromatic carbocycles. The van der Waals surface area contributed by atoms with Gasteiger partial charge in [0.1, 0.15) is 5.82 Å². The molecule has 0 spiro atoms. The number of amides is 1. The summed E-state index contributed by atoms with van der Waals surface area (Å²) in [5, 5.41) is 2.63. The summed E-state index contributed by atoms with van der Waals surface area (Å²) in [6.45, 7) is 1.03. The average Bonchev–Trinajstić information content (AvgIpc) is 2.24. The molecule has 0 aliphatic heterocycles. The first-order valence-electron chi connectivity index (χ1n) is 4.88. The summed E-state index contributed by atoms with van der Waals surface area (Å²) in [4.78, 5) is 11.6. The van der Waals surface area contributed by atoms with Crippen LogP contribution in [0.25, 0.3) is 0 Å². The van der Waals surface area contributed by atoms with E-state index in [1.807, 2.05) is 0 Å². The van der Waals surface area contributed by atoms with E-state index in [-0.39, 0.29) is 5.56 Å². The number of nitrogens with one attached hydrogen (secondary N) is 1. The lowest BCUT2D eigenvalue weighted by Crippen LogP contribution is -2.26. The lowest BCUT2D eigenvalue weighted by Gasteiger charge is -2.07. The molecule has 0 aliphatic carbocycles. The lowest BCUT2D eigenvalue weighted by atomic mass is 10.2. The third kappa shape index (κ3) is 3.57. The molecule has 0 saturated heterocycles. The molecule has 5 heteroatoms. The number of methoxy groups -OCH3 is 1. The summed E-state index contributed by atoms with van der Waals surface area (Å²) in [6.07, 6.45) is 0.703. The fourth-order valence-corrected chi connectivity index (χ4v) is 1.74. The van der Waals surface area contributed by atoms with E-state index < -0.39 is 11.7 Å². The van der Waals surface area contributed by atoms with Gasteiger partial charge >= 0.3 is 0 Å². The second-order valence-corrected chi connectivity index (χ2v) is 4.05. The topological polar surface area (TPSA) is 38.3 Å². The number of carbonyl (C=O) groups excluding carboxylic acids is 1. The van der Waals surface area contributed by atoms with Crippen molar-refractivity contribution in [1.29, 1.82) is 0 Å². The molecule has 0 aliphatic rings. The number of carbonyl (C=O) groups is 1. The maximum atomic E-state index is 13.4. The standard InChI is InChI=1S/C11H13BrFNO2/c1-16-7-3-6-14-11(15)10-8(12)4-2-5-9(10)13/h2,4-5H,3,6-7H2,1H3,(H,14,15). The third-order valence-electron chi connectivity index (χ3n) is 2.00. The monoisotopic (exact) mass is 289 g/mol. The van der Waals surface area contributed by atoms with Crippen molar-refractivity contribution in [3.63, 3.8) is 0 Å². The van der Waals surface area contributed by atoms with Gasteiger partial charge in [0.05, 0.1) is 5.56 Å². The van der Waals surface area contributed by atoms with Gasteiger partial charge in [0.15, 0.2) is 0 Å². The third-order valence-corrected chi connectivity index (χ3v) is 2.66. The van der Waals surface area contributed by atoms with E-state index in [2.05, 4.69) is 21.2 Å². The first-order chi connectivity index (χ1) is 7.66. The molecule has 0 heterocycles. The predicted molar refractivity (Wildman–Crippen MR) is 62.9 cm³/mol. The molecule has 88 valence electrons. The maximum Gasteiger partial charge on any atom is 0.255 e. The number of halogens is 2. The predicted octanol–water partition coefficient (Wildman–Crippen LogP) is 2.35. The van der Waals surface area contributed by atoms with Crippen molar-refractivity contribution in [2.45, 2.75) is 6.42 Å². The first kappa shape index (κ1) is 13.1. The summed E-state index contributed by atoms with van der Waals surface area (Å²) >= 11 is 3.14. The van der Waals surface area contributed by atoms with E-state index in [4.69, 9.17) is 4.74 Å². The van der Waals surface area contributed by atoms with Crippen LogP contribution in [0.5, 0.6) is 0 Å². The summed E-state index contributed by atoms with van der Waals surface area (Å²) in [6, 6.07) is 4.43. The Labute approximate surface area is 102 Å². The van der Waals surface area contributed by atoms with E-state index >= 15 is 0 Å². The fourth-order valence-electron chi connectivity index (χ4n) is 1.22. The zero-order valence-corrected chi connectivity index (χ0v) is 10.5. The van der Waals surface area contributed by atoms with Gasteiger partial charge in [-0.25, -0.2) is 4.39 Å². The van der Waals surface area contributed by atoms with Crippen molar-refractivity contribution in [3.8, 4) is 0 Å². The second kappa shape index (κ2) is 6.60. The Morgan fingerprint density at radius 2 is 2.31 bits per heavy atom. The van der Waals surface area contributed by atoms with E-state index in [1.165, 1.54) is 6.07 Å². The average molecular weight is 290 g/mol. The van der Waals surface area contributed by atoms with Crippen LogP contribution in [-0.2, 0) is 4.74 Å². The summed E-state index contributed by atoms with van der Waals surface area (Å²) in [5.74, 6) is -0.945. The van der Waals surface area contributed by atoms with Gasteiger partial charge < -0.3 is 10.1 Å². The van der Waals surface area contributed by atoms with Gasteiger partial charge in [0, 0.05) is 24.7 Å². The number of ether oxygens (including phenoxy) is 1. The SMILES string of the molecule is COCCCNC(=O)c1c(F)cccc1Br. The smallest absolute Gasteiger partial charge is 0.255 e. The number of hydrogen-bond acceptors (Lipinski definition) is 2. The van der Waals surface area contributed by atoms with Crippen molar-refractivity contribution in [1.82, 2.24) is 5.32 Å². The summed E-state index contributed by atoms with van der Waals surface area (Å²) < 4.78 is 18.7. The molecule has 0 bridgehead atoms. The Balaban J connectivity index is 2.59. The Morgan fingerprint density at radius 3 is 2.94 bits per heavy atom. The quantitative estimate of drug-likeness (QED) is 0.845. The Morgan fingerprint density at radius 1 is 1.56 bits per heavy atom. The molecule has 3 nitrogen and oxygen atoms in total. The minimum atomic E-state index is -0.529. The van der Waals surface area contributed by atoms with E-state index in [9.17, 15) is 9.18 Å². The molecular weight excluding hydrogens is 277 g/mol. The van der Waals surface area contributed by atoms with Crippen molar-refractivity contribution in [2.75, 3.05) is 20.3 Å². The van der Waals surface area contributed by atoms with Crippen LogP contribution in [0.2, 0.25) is 0 Å². The molecule has 0 unspecified atom stereocenters. The summed E-state index contributed by atoms with van der Waals surface area (Å²) in [7, 11) is 1.59. The molecule has 1 aromatic rings. The minimum Gasteiger partial charge on any atom is -0.385 e. The maximum absolute atomic E-state index is 13.4. The van der Waals surface area contributed by atoms with Gasteiger partial charge in [-0.2, -0.15) is 0 Å². The van der Waals surface area contributed by atoms with Gasteiger partial charge in [-0.1, -0.05) is 6.07 Å². The van der Waals surface area contributed by atoms with Crippen LogP contribution in [0, 0.1) is 5.82 Å². The van der Waals surface area contributed by atoms with Gasteiger partial charge in [-0.3, -0.25) is 4.79 Å². The molecule has 0 atom stereocenters. The highest BCUT2D eigenvalue weighted by Gasteiger charge is 2.14. The second-order valence-electron chi connectivity index (χ2n) is 3.20. The Kier molecular flexibility index (Phi) is 5.42. The lowest BCUT2D eigenvalue weighted by molar-refractivity contribution is 0.0944. The Bertz CT molecular complexity index is 351. The van der Waals surface area contributed by atoms with Crippen LogP contribution in [0.3, 0.4) is 0 Å². The van der Waals surface area contributed by atoms with Gasteiger partial charge in [0.25, 0.3) is 5.91 Å². The zero-order chi connectivity index (χ0) is 12.0. The first-order valence-corrected chi connectivity index (χ1v) is 5.67. The normalized spacial score (nSPS) is 10.2. The Hall–Kier alpha value is -0.940. The van der Waals surface area contributed by atoms with Gasteiger partial charge in [0.2, 0.25) is 0 Å². The van der Waals surface area contributed by atoms with Crippen LogP contribution in [0.15, 0.2) is 22.7 Å². The molecule has 1 N–H and O–H groups in total. The number of hydrogen-bond donors (Lipinski definition) is 1. The molecule has 0 saturated carbocycles. The fraction of sp³-hybridized carbons (Fsp3) is 0.364.